The van der Waals surface area contributed by atoms with Crippen molar-refractivity contribution in [3.8, 4) is 5.75 Å². The Bertz CT molecular complexity index is 879. The van der Waals surface area contributed by atoms with Crippen LogP contribution in [0.3, 0.4) is 0 Å². The van der Waals surface area contributed by atoms with Crippen LogP contribution in [0.25, 0.3) is 0 Å². The monoisotopic (exact) mass is 435 g/mol. The minimum Gasteiger partial charge on any atom is -0.462 e. The first-order valence-corrected chi connectivity index (χ1v) is 10.3. The van der Waals surface area contributed by atoms with Crippen LogP contribution in [0.2, 0.25) is 0 Å². The number of nitrogens with zero attached hydrogens (tertiary/aromatic N) is 1. The smallest absolute Gasteiger partial charge is 0.341 e. The summed E-state index contributed by atoms with van der Waals surface area (Å²) in [5, 5.41) is 0.902. The van der Waals surface area contributed by atoms with Crippen molar-refractivity contribution in [3.63, 3.8) is 0 Å². The average Bonchev–Trinajstić information content (AvgIpc) is 3.24. The molecule has 1 atom stereocenters. The standard InChI is InChI=1S/C20H21NO6S2/c1-3-10-26-20(25)14-7-4-5-8-15(14)27-17(22)12-21(18(23)13(2)28)19(24)16-9-6-11-29-16/h4-9,11,13,28H,3,10,12H2,1-2H3. The zero-order valence-corrected chi connectivity index (χ0v) is 17.7. The number of thiol groups is 1. The van der Waals surface area contributed by atoms with Crippen LogP contribution in [0.15, 0.2) is 41.8 Å². The molecule has 154 valence electrons. The van der Waals surface area contributed by atoms with Crippen molar-refractivity contribution >= 4 is 47.7 Å². The van der Waals surface area contributed by atoms with E-state index in [0.29, 0.717) is 11.3 Å². The van der Waals surface area contributed by atoms with Gasteiger partial charge in [0, 0.05) is 0 Å². The number of esters is 2. The maximum atomic E-state index is 12.6. The van der Waals surface area contributed by atoms with E-state index in [1.165, 1.54) is 19.1 Å². The van der Waals surface area contributed by atoms with Crippen LogP contribution >= 0.6 is 24.0 Å². The lowest BCUT2D eigenvalue weighted by atomic mass is 10.2. The van der Waals surface area contributed by atoms with Crippen molar-refractivity contribution in [3.05, 3.63) is 52.2 Å². The Morgan fingerprint density at radius 3 is 2.48 bits per heavy atom. The van der Waals surface area contributed by atoms with Crippen molar-refractivity contribution in [2.24, 2.45) is 0 Å². The summed E-state index contributed by atoms with van der Waals surface area (Å²) in [6.45, 7) is 2.99. The molecule has 1 heterocycles. The Morgan fingerprint density at radius 2 is 1.86 bits per heavy atom. The van der Waals surface area contributed by atoms with Crippen LogP contribution < -0.4 is 4.74 Å². The fourth-order valence-corrected chi connectivity index (χ4v) is 3.10. The molecule has 2 amide bonds. The number of carbonyl (C=O) groups excluding carboxylic acids is 4. The van der Waals surface area contributed by atoms with Crippen LogP contribution in [-0.2, 0) is 14.3 Å². The molecule has 0 fully saturated rings. The molecule has 2 aromatic rings. The Hall–Kier alpha value is -2.65. The molecule has 29 heavy (non-hydrogen) atoms. The summed E-state index contributed by atoms with van der Waals surface area (Å²) in [6.07, 6.45) is 0.650. The minimum absolute atomic E-state index is 0.00602. The summed E-state index contributed by atoms with van der Waals surface area (Å²) in [5.41, 5.74) is 0.0827. The summed E-state index contributed by atoms with van der Waals surface area (Å²) < 4.78 is 10.3. The number of para-hydroxylation sites is 1. The summed E-state index contributed by atoms with van der Waals surface area (Å²) in [5.74, 6) is -2.74. The van der Waals surface area contributed by atoms with Crippen molar-refractivity contribution in [1.82, 2.24) is 4.90 Å². The highest BCUT2D eigenvalue weighted by atomic mass is 32.1. The fourth-order valence-electron chi connectivity index (χ4n) is 2.29. The maximum Gasteiger partial charge on any atom is 0.341 e. The van der Waals surface area contributed by atoms with Gasteiger partial charge in [-0.3, -0.25) is 14.5 Å². The van der Waals surface area contributed by atoms with Crippen molar-refractivity contribution in [2.75, 3.05) is 13.2 Å². The van der Waals surface area contributed by atoms with Gasteiger partial charge in [-0.1, -0.05) is 25.1 Å². The quantitative estimate of drug-likeness (QED) is 0.389. The predicted octanol–water partition coefficient (Wildman–Crippen LogP) is 3.21. The second-order valence-electron chi connectivity index (χ2n) is 5.99. The first kappa shape index (κ1) is 22.6. The SMILES string of the molecule is CCCOC(=O)c1ccccc1OC(=O)CN(C(=O)c1cccs1)C(=O)C(C)S. The van der Waals surface area contributed by atoms with Crippen LogP contribution in [0, 0.1) is 0 Å². The van der Waals surface area contributed by atoms with E-state index in [2.05, 4.69) is 12.6 Å². The topological polar surface area (TPSA) is 90.0 Å². The molecule has 0 saturated heterocycles. The highest BCUT2D eigenvalue weighted by molar-refractivity contribution is 7.81. The molecule has 2 rings (SSSR count). The first-order valence-electron chi connectivity index (χ1n) is 8.89. The van der Waals surface area contributed by atoms with Crippen molar-refractivity contribution in [1.29, 1.82) is 0 Å². The number of rotatable bonds is 8. The van der Waals surface area contributed by atoms with Gasteiger partial charge in [0.1, 0.15) is 17.9 Å². The van der Waals surface area contributed by atoms with Crippen molar-refractivity contribution in [2.45, 2.75) is 25.5 Å². The molecule has 0 spiro atoms. The predicted molar refractivity (Wildman–Crippen MR) is 111 cm³/mol. The number of hydrogen-bond acceptors (Lipinski definition) is 8. The molecule has 0 radical (unpaired) electrons. The second kappa shape index (κ2) is 10.8. The van der Waals surface area contributed by atoms with Gasteiger partial charge in [0.05, 0.1) is 16.7 Å². The van der Waals surface area contributed by atoms with Gasteiger partial charge in [-0.2, -0.15) is 12.6 Å². The number of ether oxygens (including phenoxy) is 2. The number of benzene rings is 1. The van der Waals surface area contributed by atoms with Gasteiger partial charge in [0.15, 0.2) is 0 Å². The molecule has 9 heteroatoms. The molecule has 7 nitrogen and oxygen atoms in total. The summed E-state index contributed by atoms with van der Waals surface area (Å²) in [6, 6.07) is 9.33. The molecule has 0 N–H and O–H groups in total. The van der Waals surface area contributed by atoms with E-state index in [1.807, 2.05) is 6.92 Å². The van der Waals surface area contributed by atoms with Gasteiger partial charge in [-0.15, -0.1) is 11.3 Å². The molecule has 0 aliphatic heterocycles. The summed E-state index contributed by atoms with van der Waals surface area (Å²) >= 11 is 5.22. The Labute approximate surface area is 178 Å². The molecule has 0 saturated carbocycles. The number of amides is 2. The Kier molecular flexibility index (Phi) is 8.41. The molecule has 0 aliphatic carbocycles. The molecule has 0 bridgehead atoms. The maximum absolute atomic E-state index is 12.6. The Balaban J connectivity index is 2.18. The molecular weight excluding hydrogens is 414 g/mol. The van der Waals surface area contributed by atoms with Gasteiger partial charge < -0.3 is 9.47 Å². The molecule has 1 aromatic carbocycles. The number of imide groups is 1. The van der Waals surface area contributed by atoms with Crippen LogP contribution in [0.4, 0.5) is 0 Å². The molecule has 0 aliphatic rings. The van der Waals surface area contributed by atoms with E-state index in [0.717, 1.165) is 16.2 Å². The van der Waals surface area contributed by atoms with Crippen LogP contribution in [0.5, 0.6) is 5.75 Å². The summed E-state index contributed by atoms with van der Waals surface area (Å²) in [7, 11) is 0. The van der Waals surface area contributed by atoms with E-state index < -0.39 is 35.5 Å². The first-order chi connectivity index (χ1) is 13.8. The molecule has 1 aromatic heterocycles. The van der Waals surface area contributed by atoms with Crippen molar-refractivity contribution < 1.29 is 28.7 Å². The van der Waals surface area contributed by atoms with Gasteiger partial charge in [-0.25, -0.2) is 9.59 Å². The fraction of sp³-hybridized carbons (Fsp3) is 0.300. The number of thiophene rings is 1. The third-order valence-electron chi connectivity index (χ3n) is 3.66. The van der Waals surface area contributed by atoms with E-state index in [4.69, 9.17) is 9.47 Å². The minimum atomic E-state index is -0.868. The number of hydrogen-bond donors (Lipinski definition) is 1. The molecule has 1 unspecified atom stereocenters. The van der Waals surface area contributed by atoms with Gasteiger partial charge in [-0.05, 0) is 36.9 Å². The second-order valence-corrected chi connectivity index (χ2v) is 7.71. The van der Waals surface area contributed by atoms with E-state index in [9.17, 15) is 19.2 Å². The lowest BCUT2D eigenvalue weighted by Gasteiger charge is -2.21. The van der Waals surface area contributed by atoms with E-state index in [-0.39, 0.29) is 17.9 Å². The van der Waals surface area contributed by atoms with E-state index in [1.54, 1.807) is 29.6 Å². The van der Waals surface area contributed by atoms with Gasteiger partial charge >= 0.3 is 11.9 Å². The highest BCUT2D eigenvalue weighted by Gasteiger charge is 2.29. The zero-order valence-electron chi connectivity index (χ0n) is 16.0. The highest BCUT2D eigenvalue weighted by Crippen LogP contribution is 2.20. The Morgan fingerprint density at radius 1 is 1.14 bits per heavy atom. The average molecular weight is 436 g/mol. The van der Waals surface area contributed by atoms with Crippen LogP contribution in [0.1, 0.15) is 40.3 Å². The normalized spacial score (nSPS) is 11.4. The number of carbonyl (C=O) groups is 4. The lowest BCUT2D eigenvalue weighted by molar-refractivity contribution is -0.140. The summed E-state index contributed by atoms with van der Waals surface area (Å²) in [4.78, 5) is 50.8. The van der Waals surface area contributed by atoms with E-state index >= 15 is 0 Å². The van der Waals surface area contributed by atoms with Crippen LogP contribution in [-0.4, -0.2) is 47.1 Å². The lowest BCUT2D eigenvalue weighted by Crippen LogP contribution is -2.44. The van der Waals surface area contributed by atoms with Gasteiger partial charge in [0.2, 0.25) is 5.91 Å². The molecular formula is C20H21NO6S2. The largest absolute Gasteiger partial charge is 0.462 e. The van der Waals surface area contributed by atoms with Gasteiger partial charge in [0.25, 0.3) is 5.91 Å². The third-order valence-corrected chi connectivity index (χ3v) is 4.73. The zero-order chi connectivity index (χ0) is 21.4. The third kappa shape index (κ3) is 6.16.